The highest BCUT2D eigenvalue weighted by Gasteiger charge is 2.27. The Bertz CT molecular complexity index is 452. The predicted octanol–water partition coefficient (Wildman–Crippen LogP) is 2.22. The second-order valence-corrected chi connectivity index (χ2v) is 6.16. The zero-order chi connectivity index (χ0) is 13.9. The first-order valence-corrected chi connectivity index (χ1v) is 7.81. The summed E-state index contributed by atoms with van der Waals surface area (Å²) >= 11 is 0. The van der Waals surface area contributed by atoms with Crippen molar-refractivity contribution >= 4 is 11.6 Å². The molecule has 0 unspecified atom stereocenters. The number of anilines is 2. The van der Waals surface area contributed by atoms with Gasteiger partial charge in [-0.2, -0.15) is 0 Å². The number of nitrogens with one attached hydrogen (secondary N) is 1. The summed E-state index contributed by atoms with van der Waals surface area (Å²) < 4.78 is 0. The number of hydrogen-bond donors (Lipinski definition) is 2. The van der Waals surface area contributed by atoms with E-state index in [1.807, 2.05) is 6.07 Å². The maximum atomic E-state index is 5.85. The van der Waals surface area contributed by atoms with Gasteiger partial charge >= 0.3 is 0 Å². The van der Waals surface area contributed by atoms with Crippen molar-refractivity contribution in [1.29, 1.82) is 0 Å². The van der Waals surface area contributed by atoms with Crippen molar-refractivity contribution in [3.8, 4) is 0 Å². The summed E-state index contributed by atoms with van der Waals surface area (Å²) in [7, 11) is 2.22. The molecule has 2 aliphatic rings. The summed E-state index contributed by atoms with van der Waals surface area (Å²) in [6.45, 7) is 1.96. The van der Waals surface area contributed by atoms with E-state index >= 15 is 0 Å². The van der Waals surface area contributed by atoms with E-state index in [1.165, 1.54) is 38.5 Å². The van der Waals surface area contributed by atoms with Crippen LogP contribution in [0.1, 0.15) is 50.3 Å². The number of aromatic nitrogens is 2. The summed E-state index contributed by atoms with van der Waals surface area (Å²) in [5, 5.41) is 3.39. The lowest BCUT2D eigenvalue weighted by Gasteiger charge is -2.24. The Balaban J connectivity index is 1.50. The number of nitrogens with two attached hydrogens (primary N) is 1. The van der Waals surface area contributed by atoms with Crippen molar-refractivity contribution < 1.29 is 0 Å². The Morgan fingerprint density at radius 3 is 2.70 bits per heavy atom. The van der Waals surface area contributed by atoms with Crippen molar-refractivity contribution in [2.24, 2.45) is 0 Å². The quantitative estimate of drug-likeness (QED) is 0.833. The third-order valence-corrected chi connectivity index (χ3v) is 4.42. The molecule has 0 radical (unpaired) electrons. The SMILES string of the molecule is CN(CCNc1cc(N)nc(C2CC2)n1)C1CCCC1. The van der Waals surface area contributed by atoms with Gasteiger partial charge in [0, 0.05) is 31.1 Å². The van der Waals surface area contributed by atoms with Gasteiger partial charge in [-0.05, 0) is 32.7 Å². The van der Waals surface area contributed by atoms with Crippen LogP contribution in [0.25, 0.3) is 0 Å². The van der Waals surface area contributed by atoms with Crippen LogP contribution in [-0.4, -0.2) is 41.0 Å². The molecule has 5 nitrogen and oxygen atoms in total. The molecule has 0 amide bonds. The van der Waals surface area contributed by atoms with Crippen LogP contribution in [0.4, 0.5) is 11.6 Å². The molecule has 1 aromatic heterocycles. The average Bonchev–Trinajstić information content (AvgIpc) is 3.13. The van der Waals surface area contributed by atoms with E-state index in [-0.39, 0.29) is 0 Å². The van der Waals surface area contributed by atoms with Gasteiger partial charge in [0.15, 0.2) is 0 Å². The van der Waals surface area contributed by atoms with Crippen LogP contribution < -0.4 is 11.1 Å². The van der Waals surface area contributed by atoms with Gasteiger partial charge in [0.05, 0.1) is 0 Å². The molecule has 0 bridgehead atoms. The zero-order valence-corrected chi connectivity index (χ0v) is 12.3. The predicted molar refractivity (Wildman–Crippen MR) is 81.8 cm³/mol. The highest BCUT2D eigenvalue weighted by molar-refractivity contribution is 5.45. The minimum absolute atomic E-state index is 0.542. The van der Waals surface area contributed by atoms with Crippen molar-refractivity contribution in [3.63, 3.8) is 0 Å². The van der Waals surface area contributed by atoms with Gasteiger partial charge in [0.25, 0.3) is 0 Å². The first kappa shape index (κ1) is 13.6. The molecule has 0 aliphatic heterocycles. The van der Waals surface area contributed by atoms with Crippen molar-refractivity contribution in [2.45, 2.75) is 50.5 Å². The first-order valence-electron chi connectivity index (χ1n) is 7.81. The van der Waals surface area contributed by atoms with E-state index in [0.29, 0.717) is 11.7 Å². The summed E-state index contributed by atoms with van der Waals surface area (Å²) in [4.78, 5) is 11.4. The highest BCUT2D eigenvalue weighted by atomic mass is 15.2. The lowest BCUT2D eigenvalue weighted by molar-refractivity contribution is 0.254. The third kappa shape index (κ3) is 3.39. The molecule has 2 fully saturated rings. The number of hydrogen-bond acceptors (Lipinski definition) is 5. The van der Waals surface area contributed by atoms with Gasteiger partial charge in [-0.1, -0.05) is 12.8 Å². The fraction of sp³-hybridized carbons (Fsp3) is 0.733. The second-order valence-electron chi connectivity index (χ2n) is 6.16. The van der Waals surface area contributed by atoms with Crippen LogP contribution in [0.2, 0.25) is 0 Å². The topological polar surface area (TPSA) is 67.1 Å². The maximum absolute atomic E-state index is 5.85. The molecule has 0 saturated heterocycles. The Morgan fingerprint density at radius 1 is 1.25 bits per heavy atom. The summed E-state index contributed by atoms with van der Waals surface area (Å²) in [6, 6.07) is 2.61. The molecule has 1 aromatic rings. The van der Waals surface area contributed by atoms with Crippen LogP contribution in [0, 0.1) is 0 Å². The highest BCUT2D eigenvalue weighted by Crippen LogP contribution is 2.38. The van der Waals surface area contributed by atoms with Gasteiger partial charge in [-0.3, -0.25) is 0 Å². The van der Waals surface area contributed by atoms with Crippen molar-refractivity contribution in [3.05, 3.63) is 11.9 Å². The minimum Gasteiger partial charge on any atom is -0.384 e. The lowest BCUT2D eigenvalue weighted by Crippen LogP contribution is -2.33. The molecule has 110 valence electrons. The van der Waals surface area contributed by atoms with E-state index < -0.39 is 0 Å². The fourth-order valence-corrected chi connectivity index (χ4v) is 2.99. The molecule has 0 atom stereocenters. The van der Waals surface area contributed by atoms with Gasteiger partial charge < -0.3 is 16.0 Å². The van der Waals surface area contributed by atoms with Crippen LogP contribution >= 0.6 is 0 Å². The number of rotatable bonds is 6. The number of likely N-dealkylation sites (N-methyl/N-ethyl adjacent to an activating group) is 1. The molecule has 3 rings (SSSR count). The van der Waals surface area contributed by atoms with Gasteiger partial charge in [0.1, 0.15) is 17.5 Å². The monoisotopic (exact) mass is 275 g/mol. The number of nitrogen functional groups attached to an aromatic ring is 1. The summed E-state index contributed by atoms with van der Waals surface area (Å²) in [5.41, 5.74) is 5.85. The van der Waals surface area contributed by atoms with Gasteiger partial charge in [-0.25, -0.2) is 9.97 Å². The van der Waals surface area contributed by atoms with E-state index in [2.05, 4.69) is 27.2 Å². The Morgan fingerprint density at radius 2 is 2.00 bits per heavy atom. The average molecular weight is 275 g/mol. The molecule has 1 heterocycles. The van der Waals surface area contributed by atoms with E-state index in [9.17, 15) is 0 Å². The van der Waals surface area contributed by atoms with Crippen molar-refractivity contribution in [2.75, 3.05) is 31.2 Å². The molecule has 2 saturated carbocycles. The molecule has 2 aliphatic carbocycles. The lowest BCUT2D eigenvalue weighted by atomic mass is 10.2. The fourth-order valence-electron chi connectivity index (χ4n) is 2.99. The number of nitrogens with zero attached hydrogens (tertiary/aromatic N) is 3. The molecule has 0 spiro atoms. The van der Waals surface area contributed by atoms with E-state index in [1.54, 1.807) is 0 Å². The van der Waals surface area contributed by atoms with Crippen molar-refractivity contribution in [1.82, 2.24) is 14.9 Å². The van der Waals surface area contributed by atoms with Gasteiger partial charge in [-0.15, -0.1) is 0 Å². The molecular weight excluding hydrogens is 250 g/mol. The Labute approximate surface area is 121 Å². The van der Waals surface area contributed by atoms with Gasteiger partial charge in [0.2, 0.25) is 0 Å². The van der Waals surface area contributed by atoms with Crippen LogP contribution in [0.5, 0.6) is 0 Å². The smallest absolute Gasteiger partial charge is 0.136 e. The molecule has 5 heteroatoms. The second kappa shape index (κ2) is 5.95. The normalized spacial score (nSPS) is 19.7. The maximum Gasteiger partial charge on any atom is 0.136 e. The molecule has 20 heavy (non-hydrogen) atoms. The summed E-state index contributed by atoms with van der Waals surface area (Å²) in [5.74, 6) is 2.91. The van der Waals surface area contributed by atoms with E-state index in [0.717, 1.165) is 30.8 Å². The first-order chi connectivity index (χ1) is 9.72. The molecule has 3 N–H and O–H groups in total. The van der Waals surface area contributed by atoms with Crippen LogP contribution in [0.3, 0.4) is 0 Å². The Kier molecular flexibility index (Phi) is 4.05. The standard InChI is InChI=1S/C15H25N5/c1-20(12-4-2-3-5-12)9-8-17-14-10-13(16)18-15(19-14)11-6-7-11/h10-12H,2-9H2,1H3,(H3,16,17,18,19). The third-order valence-electron chi connectivity index (χ3n) is 4.42. The largest absolute Gasteiger partial charge is 0.384 e. The van der Waals surface area contributed by atoms with E-state index in [4.69, 9.17) is 5.73 Å². The van der Waals surface area contributed by atoms with Crippen LogP contribution in [-0.2, 0) is 0 Å². The zero-order valence-electron chi connectivity index (χ0n) is 12.3. The minimum atomic E-state index is 0.542. The van der Waals surface area contributed by atoms with Crippen LogP contribution in [0.15, 0.2) is 6.07 Å². The molecule has 0 aromatic carbocycles. The molecular formula is C15H25N5. The Hall–Kier alpha value is -1.36. The summed E-state index contributed by atoms with van der Waals surface area (Å²) in [6.07, 6.45) is 7.87.